The molecule has 4 rings (SSSR count). The molecule has 1 aromatic heterocycles. The summed E-state index contributed by atoms with van der Waals surface area (Å²) in [5.74, 6) is 2.86. The van der Waals surface area contributed by atoms with E-state index < -0.39 is 0 Å². The first kappa shape index (κ1) is 26.1. The van der Waals surface area contributed by atoms with Gasteiger partial charge in [0.1, 0.15) is 11.6 Å². The summed E-state index contributed by atoms with van der Waals surface area (Å²) >= 11 is 0. The quantitative estimate of drug-likeness (QED) is 0.272. The normalized spacial score (nSPS) is 11.8. The van der Waals surface area contributed by atoms with Gasteiger partial charge in [-0.15, -0.1) is 0 Å². The lowest BCUT2D eigenvalue weighted by Gasteiger charge is -2.17. The van der Waals surface area contributed by atoms with Gasteiger partial charge < -0.3 is 24.1 Å². The molecular formula is C30H35N3O4. The Balaban J connectivity index is 1.43. The fourth-order valence-corrected chi connectivity index (χ4v) is 4.41. The number of hydrogen-bond donors (Lipinski definition) is 1. The average Bonchev–Trinajstić information content (AvgIpc) is 3.27. The summed E-state index contributed by atoms with van der Waals surface area (Å²) in [7, 11) is 3.18. The van der Waals surface area contributed by atoms with Crippen LogP contribution in [0.1, 0.15) is 41.9 Å². The molecule has 3 aromatic carbocycles. The zero-order chi connectivity index (χ0) is 26.4. The summed E-state index contributed by atoms with van der Waals surface area (Å²) < 4.78 is 18.8. The minimum Gasteiger partial charge on any atom is -0.494 e. The van der Waals surface area contributed by atoms with Crippen molar-refractivity contribution in [3.63, 3.8) is 0 Å². The Hall–Kier alpha value is -4.00. The second-order valence-electron chi connectivity index (χ2n) is 9.21. The topological polar surface area (TPSA) is 74.6 Å². The van der Waals surface area contributed by atoms with Crippen molar-refractivity contribution in [3.05, 3.63) is 83.2 Å². The minimum atomic E-state index is -0.263. The number of nitrogens with one attached hydrogen (secondary N) is 1. The van der Waals surface area contributed by atoms with Crippen molar-refractivity contribution in [2.75, 3.05) is 20.8 Å². The van der Waals surface area contributed by atoms with Crippen LogP contribution >= 0.6 is 0 Å². The maximum absolute atomic E-state index is 12.9. The van der Waals surface area contributed by atoms with Gasteiger partial charge in [-0.05, 0) is 80.3 Å². The molecule has 37 heavy (non-hydrogen) atoms. The van der Waals surface area contributed by atoms with E-state index in [1.807, 2.05) is 49.4 Å². The fourth-order valence-electron chi connectivity index (χ4n) is 4.41. The molecule has 1 unspecified atom stereocenters. The molecule has 1 N–H and O–H groups in total. The number of rotatable bonds is 11. The maximum Gasteiger partial charge on any atom is 0.224 e. The fraction of sp³-hybridized carbons (Fsp3) is 0.333. The zero-order valence-corrected chi connectivity index (χ0v) is 22.2. The number of nitrogens with zero attached hydrogens (tertiary/aromatic N) is 2. The molecule has 7 heteroatoms. The largest absolute Gasteiger partial charge is 0.494 e. The number of imidazole rings is 1. The van der Waals surface area contributed by atoms with Crippen molar-refractivity contribution in [1.82, 2.24) is 14.9 Å². The molecule has 1 amide bonds. The number of benzene rings is 3. The third-order valence-electron chi connectivity index (χ3n) is 6.53. The Morgan fingerprint density at radius 1 is 0.973 bits per heavy atom. The van der Waals surface area contributed by atoms with Crippen LogP contribution in [-0.4, -0.2) is 36.3 Å². The highest BCUT2D eigenvalue weighted by atomic mass is 16.5. The Labute approximate surface area is 218 Å². The lowest BCUT2D eigenvalue weighted by atomic mass is 10.1. The van der Waals surface area contributed by atoms with Crippen LogP contribution in [0.2, 0.25) is 0 Å². The van der Waals surface area contributed by atoms with E-state index in [0.717, 1.165) is 41.1 Å². The van der Waals surface area contributed by atoms with Crippen molar-refractivity contribution < 1.29 is 19.0 Å². The van der Waals surface area contributed by atoms with Gasteiger partial charge in [0.25, 0.3) is 0 Å². The molecule has 0 saturated carbocycles. The summed E-state index contributed by atoms with van der Waals surface area (Å²) in [5, 5.41) is 3.11. The van der Waals surface area contributed by atoms with E-state index >= 15 is 0 Å². The summed E-state index contributed by atoms with van der Waals surface area (Å²) in [5.41, 5.74) is 5.28. The van der Waals surface area contributed by atoms with Crippen molar-refractivity contribution >= 4 is 16.9 Å². The molecule has 0 aliphatic rings. The van der Waals surface area contributed by atoms with E-state index in [1.165, 1.54) is 11.1 Å². The monoisotopic (exact) mass is 501 g/mol. The first-order valence-electron chi connectivity index (χ1n) is 12.5. The number of carbonyl (C=O) groups is 1. The molecule has 0 aliphatic carbocycles. The van der Waals surface area contributed by atoms with E-state index in [0.29, 0.717) is 18.1 Å². The van der Waals surface area contributed by atoms with Crippen LogP contribution in [0, 0.1) is 13.8 Å². The lowest BCUT2D eigenvalue weighted by Crippen LogP contribution is -2.30. The number of fused-ring (bicyclic) bond motifs is 1. The molecule has 1 atom stereocenters. The van der Waals surface area contributed by atoms with Crippen molar-refractivity contribution in [2.45, 2.75) is 46.2 Å². The van der Waals surface area contributed by atoms with Gasteiger partial charge in [-0.2, -0.15) is 0 Å². The maximum atomic E-state index is 12.9. The SMILES string of the molecule is COc1ccc(CC(=O)NC(C)c2nc3ccccc3n2CCCOc2ccc(C)c(C)c2)cc1OC. The molecule has 0 spiro atoms. The highest BCUT2D eigenvalue weighted by molar-refractivity contribution is 5.80. The van der Waals surface area contributed by atoms with Gasteiger partial charge in [-0.1, -0.05) is 24.3 Å². The lowest BCUT2D eigenvalue weighted by molar-refractivity contribution is -0.121. The number of para-hydroxylation sites is 2. The summed E-state index contributed by atoms with van der Waals surface area (Å²) in [6.07, 6.45) is 1.04. The summed E-state index contributed by atoms with van der Waals surface area (Å²) in [6, 6.07) is 19.5. The van der Waals surface area contributed by atoms with Crippen LogP contribution < -0.4 is 19.5 Å². The Morgan fingerprint density at radius 3 is 2.51 bits per heavy atom. The predicted octanol–water partition coefficient (Wildman–Crippen LogP) is 5.56. The number of aromatic nitrogens is 2. The number of methoxy groups -OCH3 is 2. The van der Waals surface area contributed by atoms with Crippen LogP contribution in [-0.2, 0) is 17.8 Å². The second-order valence-corrected chi connectivity index (χ2v) is 9.21. The third kappa shape index (κ3) is 6.23. The van der Waals surface area contributed by atoms with E-state index in [2.05, 4.69) is 41.9 Å². The molecule has 7 nitrogen and oxygen atoms in total. The van der Waals surface area contributed by atoms with Crippen LogP contribution in [0.15, 0.2) is 60.7 Å². The Kier molecular flexibility index (Phi) is 8.33. The van der Waals surface area contributed by atoms with Gasteiger partial charge in [-0.3, -0.25) is 4.79 Å². The van der Waals surface area contributed by atoms with Crippen molar-refractivity contribution in [1.29, 1.82) is 0 Å². The number of amides is 1. The first-order chi connectivity index (χ1) is 17.9. The molecule has 4 aromatic rings. The van der Waals surface area contributed by atoms with Gasteiger partial charge >= 0.3 is 0 Å². The molecule has 0 saturated heterocycles. The Morgan fingerprint density at radius 2 is 1.76 bits per heavy atom. The zero-order valence-electron chi connectivity index (χ0n) is 22.2. The molecule has 0 radical (unpaired) electrons. The van der Waals surface area contributed by atoms with Crippen LogP contribution in [0.5, 0.6) is 17.2 Å². The molecule has 0 bridgehead atoms. The van der Waals surface area contributed by atoms with E-state index in [9.17, 15) is 4.79 Å². The van der Waals surface area contributed by atoms with E-state index in [-0.39, 0.29) is 18.4 Å². The molecular weight excluding hydrogens is 466 g/mol. The molecule has 194 valence electrons. The molecule has 0 fully saturated rings. The Bertz CT molecular complexity index is 1380. The van der Waals surface area contributed by atoms with Gasteiger partial charge in [0.15, 0.2) is 11.5 Å². The highest BCUT2D eigenvalue weighted by Crippen LogP contribution is 2.28. The number of ether oxygens (including phenoxy) is 3. The van der Waals surface area contributed by atoms with Crippen LogP contribution in [0.25, 0.3) is 11.0 Å². The van der Waals surface area contributed by atoms with E-state index in [4.69, 9.17) is 19.2 Å². The highest BCUT2D eigenvalue weighted by Gasteiger charge is 2.19. The summed E-state index contributed by atoms with van der Waals surface area (Å²) in [6.45, 7) is 7.48. The third-order valence-corrected chi connectivity index (χ3v) is 6.53. The first-order valence-corrected chi connectivity index (χ1v) is 12.5. The average molecular weight is 502 g/mol. The second kappa shape index (κ2) is 11.8. The van der Waals surface area contributed by atoms with Gasteiger partial charge in [0.05, 0.1) is 44.3 Å². The van der Waals surface area contributed by atoms with Crippen molar-refractivity contribution in [2.24, 2.45) is 0 Å². The smallest absolute Gasteiger partial charge is 0.224 e. The van der Waals surface area contributed by atoms with Gasteiger partial charge in [0, 0.05) is 6.54 Å². The van der Waals surface area contributed by atoms with Gasteiger partial charge in [-0.25, -0.2) is 4.98 Å². The van der Waals surface area contributed by atoms with Gasteiger partial charge in [0.2, 0.25) is 5.91 Å². The molecule has 1 heterocycles. The number of hydrogen-bond acceptors (Lipinski definition) is 5. The number of carbonyl (C=O) groups excluding carboxylic acids is 1. The predicted molar refractivity (Wildman–Crippen MR) is 146 cm³/mol. The summed E-state index contributed by atoms with van der Waals surface area (Å²) in [4.78, 5) is 17.8. The molecule has 0 aliphatic heterocycles. The van der Waals surface area contributed by atoms with Crippen LogP contribution in [0.3, 0.4) is 0 Å². The van der Waals surface area contributed by atoms with Crippen LogP contribution in [0.4, 0.5) is 0 Å². The minimum absolute atomic E-state index is 0.0867. The van der Waals surface area contributed by atoms with Crippen molar-refractivity contribution in [3.8, 4) is 17.2 Å². The number of aryl methyl sites for hydroxylation is 3. The standard InChI is InChI=1S/C30H35N3O4/c1-20-11-13-24(17-21(20)2)37-16-8-15-33-26-10-7-6-9-25(26)32-30(33)22(3)31-29(34)19-23-12-14-27(35-4)28(18-23)36-5/h6-7,9-14,17-18,22H,8,15-16,19H2,1-5H3,(H,31,34). The van der Waals surface area contributed by atoms with E-state index in [1.54, 1.807) is 14.2 Å².